The van der Waals surface area contributed by atoms with Gasteiger partial charge in [0.15, 0.2) is 0 Å². The minimum Gasteiger partial charge on any atom is -0.280 e. The van der Waals surface area contributed by atoms with E-state index in [0.29, 0.717) is 0 Å². The molecule has 0 heterocycles. The third-order valence-electron chi connectivity index (χ3n) is 3.40. The molecular weight excluding hydrogens is 254 g/mol. The van der Waals surface area contributed by atoms with Crippen LogP contribution in [0.3, 0.4) is 0 Å². The predicted molar refractivity (Wildman–Crippen MR) is 88.8 cm³/mol. The molecule has 1 heteroatoms. The number of rotatable bonds is 4. The second-order valence-electron chi connectivity index (χ2n) is 4.91. The van der Waals surface area contributed by atoms with E-state index in [4.69, 9.17) is 4.99 Å². The van der Waals surface area contributed by atoms with Gasteiger partial charge in [-0.3, -0.25) is 4.99 Å². The average molecular weight is 271 g/mol. The Labute approximate surface area is 125 Å². The Morgan fingerprint density at radius 2 is 1.00 bits per heavy atom. The minimum atomic E-state index is 0.0348. The fourth-order valence-corrected chi connectivity index (χ4v) is 2.33. The van der Waals surface area contributed by atoms with Crippen molar-refractivity contribution in [3.8, 4) is 0 Å². The molecule has 0 unspecified atom stereocenters. The van der Waals surface area contributed by atoms with Gasteiger partial charge in [-0.2, -0.15) is 0 Å². The largest absolute Gasteiger partial charge is 0.280 e. The lowest BCUT2D eigenvalue weighted by Crippen LogP contribution is -1.98. The molecule has 0 atom stereocenters. The summed E-state index contributed by atoms with van der Waals surface area (Å²) in [6.45, 7) is 0. The lowest BCUT2D eigenvalue weighted by Gasteiger charge is -2.13. The van der Waals surface area contributed by atoms with Gasteiger partial charge in [-0.15, -0.1) is 0 Å². The fourth-order valence-electron chi connectivity index (χ4n) is 2.33. The molecule has 21 heavy (non-hydrogen) atoms. The summed E-state index contributed by atoms with van der Waals surface area (Å²) in [5.74, 6) is 0. The van der Waals surface area contributed by atoms with Crippen molar-refractivity contribution in [1.29, 1.82) is 0 Å². The molecule has 3 rings (SSSR count). The molecule has 0 aliphatic carbocycles. The second-order valence-corrected chi connectivity index (χ2v) is 4.91. The standard InChI is InChI=1S/C20H17N/c1-4-10-17(11-5-1)16-21-20(18-12-6-2-7-13-18)19-14-8-3-9-15-19/h1-16,20H/b21-16+. The maximum Gasteiger partial charge on any atom is 0.0999 e. The lowest BCUT2D eigenvalue weighted by molar-refractivity contribution is 0.878. The molecule has 0 saturated carbocycles. The van der Waals surface area contributed by atoms with E-state index in [1.54, 1.807) is 0 Å². The highest BCUT2D eigenvalue weighted by atomic mass is 14.8. The Kier molecular flexibility index (Phi) is 4.23. The third-order valence-corrected chi connectivity index (χ3v) is 3.40. The summed E-state index contributed by atoms with van der Waals surface area (Å²) < 4.78 is 0. The van der Waals surface area contributed by atoms with Gasteiger partial charge >= 0.3 is 0 Å². The highest BCUT2D eigenvalue weighted by Crippen LogP contribution is 2.25. The van der Waals surface area contributed by atoms with E-state index in [2.05, 4.69) is 60.7 Å². The molecular formula is C20H17N. The van der Waals surface area contributed by atoms with Gasteiger partial charge in [0.2, 0.25) is 0 Å². The molecule has 0 fully saturated rings. The Balaban J connectivity index is 1.96. The van der Waals surface area contributed by atoms with Gasteiger partial charge in [0, 0.05) is 6.21 Å². The Morgan fingerprint density at radius 3 is 1.48 bits per heavy atom. The summed E-state index contributed by atoms with van der Waals surface area (Å²) in [5.41, 5.74) is 3.53. The first-order valence-electron chi connectivity index (χ1n) is 7.11. The van der Waals surface area contributed by atoms with Crippen LogP contribution in [-0.2, 0) is 0 Å². The van der Waals surface area contributed by atoms with Gasteiger partial charge in [0.25, 0.3) is 0 Å². The normalized spacial score (nSPS) is 11.1. The van der Waals surface area contributed by atoms with Crippen LogP contribution in [0.1, 0.15) is 22.7 Å². The molecule has 0 bridgehead atoms. The number of benzene rings is 3. The van der Waals surface area contributed by atoms with Gasteiger partial charge < -0.3 is 0 Å². The van der Waals surface area contributed by atoms with Crippen molar-refractivity contribution in [2.24, 2.45) is 4.99 Å². The van der Waals surface area contributed by atoms with Crippen molar-refractivity contribution in [3.05, 3.63) is 108 Å². The quantitative estimate of drug-likeness (QED) is 0.599. The maximum atomic E-state index is 4.81. The number of hydrogen-bond donors (Lipinski definition) is 0. The molecule has 3 aromatic carbocycles. The molecule has 0 N–H and O–H groups in total. The summed E-state index contributed by atoms with van der Waals surface area (Å²) in [6.07, 6.45) is 1.95. The minimum absolute atomic E-state index is 0.0348. The van der Waals surface area contributed by atoms with E-state index in [0.717, 1.165) is 5.56 Å². The number of nitrogens with zero attached hydrogens (tertiary/aromatic N) is 1. The van der Waals surface area contributed by atoms with Gasteiger partial charge in [0.1, 0.15) is 0 Å². The average Bonchev–Trinajstić information content (AvgIpc) is 2.58. The van der Waals surface area contributed by atoms with Crippen molar-refractivity contribution in [2.75, 3.05) is 0 Å². The molecule has 0 aromatic heterocycles. The SMILES string of the molecule is C(=N\C(c1ccccc1)c1ccccc1)/c1ccccc1. The van der Waals surface area contributed by atoms with Crippen LogP contribution in [0.25, 0.3) is 0 Å². The van der Waals surface area contributed by atoms with E-state index >= 15 is 0 Å². The summed E-state index contributed by atoms with van der Waals surface area (Å²) >= 11 is 0. The molecule has 3 aromatic rings. The number of hydrogen-bond acceptors (Lipinski definition) is 1. The summed E-state index contributed by atoms with van der Waals surface area (Å²) in [5, 5.41) is 0. The van der Waals surface area contributed by atoms with Crippen LogP contribution in [0.15, 0.2) is 96.0 Å². The molecule has 0 aliphatic heterocycles. The first-order valence-corrected chi connectivity index (χ1v) is 7.11. The molecule has 0 saturated heterocycles. The molecule has 0 aliphatic rings. The zero-order valence-corrected chi connectivity index (χ0v) is 11.8. The van der Waals surface area contributed by atoms with Crippen molar-refractivity contribution in [1.82, 2.24) is 0 Å². The third kappa shape index (κ3) is 3.46. The molecule has 0 spiro atoms. The monoisotopic (exact) mass is 271 g/mol. The van der Waals surface area contributed by atoms with E-state index in [9.17, 15) is 0 Å². The highest BCUT2D eigenvalue weighted by molar-refractivity contribution is 5.79. The smallest absolute Gasteiger partial charge is 0.0999 e. The van der Waals surface area contributed by atoms with E-state index in [1.807, 2.05) is 36.5 Å². The molecule has 102 valence electrons. The van der Waals surface area contributed by atoms with Crippen LogP contribution in [0.5, 0.6) is 0 Å². The Hall–Kier alpha value is -2.67. The Morgan fingerprint density at radius 1 is 0.571 bits per heavy atom. The van der Waals surface area contributed by atoms with Crippen molar-refractivity contribution >= 4 is 6.21 Å². The van der Waals surface area contributed by atoms with E-state index in [1.165, 1.54) is 11.1 Å². The lowest BCUT2D eigenvalue weighted by atomic mass is 9.99. The van der Waals surface area contributed by atoms with Gasteiger partial charge in [-0.1, -0.05) is 91.0 Å². The van der Waals surface area contributed by atoms with Crippen molar-refractivity contribution in [2.45, 2.75) is 6.04 Å². The van der Waals surface area contributed by atoms with Gasteiger partial charge in [0.05, 0.1) is 6.04 Å². The van der Waals surface area contributed by atoms with Crippen LogP contribution >= 0.6 is 0 Å². The zero-order chi connectivity index (χ0) is 14.3. The van der Waals surface area contributed by atoms with Crippen LogP contribution < -0.4 is 0 Å². The van der Waals surface area contributed by atoms with E-state index in [-0.39, 0.29) is 6.04 Å². The zero-order valence-electron chi connectivity index (χ0n) is 11.8. The molecule has 0 radical (unpaired) electrons. The maximum absolute atomic E-state index is 4.81. The summed E-state index contributed by atoms with van der Waals surface area (Å²) in [7, 11) is 0. The van der Waals surface area contributed by atoms with Crippen LogP contribution in [-0.4, -0.2) is 6.21 Å². The second kappa shape index (κ2) is 6.67. The molecule has 0 amide bonds. The van der Waals surface area contributed by atoms with Crippen LogP contribution in [0.2, 0.25) is 0 Å². The predicted octanol–water partition coefficient (Wildman–Crippen LogP) is 4.90. The summed E-state index contributed by atoms with van der Waals surface area (Å²) in [4.78, 5) is 4.81. The Bertz CT molecular complexity index is 648. The van der Waals surface area contributed by atoms with Gasteiger partial charge in [-0.05, 0) is 16.7 Å². The van der Waals surface area contributed by atoms with E-state index < -0.39 is 0 Å². The van der Waals surface area contributed by atoms with Gasteiger partial charge in [-0.25, -0.2) is 0 Å². The summed E-state index contributed by atoms with van der Waals surface area (Å²) in [6, 6.07) is 31.0. The number of aliphatic imine (C=N–C) groups is 1. The highest BCUT2D eigenvalue weighted by Gasteiger charge is 2.10. The van der Waals surface area contributed by atoms with Crippen molar-refractivity contribution < 1.29 is 0 Å². The topological polar surface area (TPSA) is 12.4 Å². The van der Waals surface area contributed by atoms with Crippen LogP contribution in [0.4, 0.5) is 0 Å². The van der Waals surface area contributed by atoms with Crippen molar-refractivity contribution in [3.63, 3.8) is 0 Å². The molecule has 1 nitrogen and oxygen atoms in total. The van der Waals surface area contributed by atoms with Crippen LogP contribution in [0, 0.1) is 0 Å². The first kappa shape index (κ1) is 13.3. The first-order chi connectivity index (χ1) is 10.4. The fraction of sp³-hybridized carbons (Fsp3) is 0.0500.